The topological polar surface area (TPSA) is 79.8 Å². The van der Waals surface area contributed by atoms with Crippen LogP contribution in [0.15, 0.2) is 55.0 Å². The summed E-state index contributed by atoms with van der Waals surface area (Å²) in [5.41, 5.74) is 2.69. The number of benzene rings is 1. The van der Waals surface area contributed by atoms with Crippen LogP contribution in [0.4, 0.5) is 11.5 Å². The lowest BCUT2D eigenvalue weighted by Crippen LogP contribution is -2.15. The van der Waals surface area contributed by atoms with Crippen molar-refractivity contribution in [3.8, 4) is 0 Å². The van der Waals surface area contributed by atoms with Gasteiger partial charge >= 0.3 is 0 Å². The zero-order chi connectivity index (χ0) is 17.6. The Hall–Kier alpha value is -2.99. The van der Waals surface area contributed by atoms with E-state index in [0.29, 0.717) is 23.1 Å². The molecule has 0 radical (unpaired) electrons. The molecule has 2 aromatic heterocycles. The van der Waals surface area contributed by atoms with Gasteiger partial charge in [0.2, 0.25) is 0 Å². The third-order valence-electron chi connectivity index (χ3n) is 3.50. The van der Waals surface area contributed by atoms with Gasteiger partial charge in [-0.15, -0.1) is 0 Å². The summed E-state index contributed by atoms with van der Waals surface area (Å²) in [6.45, 7) is 2.41. The molecule has 6 nitrogen and oxygen atoms in total. The van der Waals surface area contributed by atoms with Crippen LogP contribution in [0.2, 0.25) is 5.02 Å². The number of aryl methyl sites for hydroxylation is 1. The van der Waals surface area contributed by atoms with Gasteiger partial charge in [-0.1, -0.05) is 17.7 Å². The smallest absolute Gasteiger partial charge is 0.275 e. The highest BCUT2D eigenvalue weighted by molar-refractivity contribution is 6.30. The summed E-state index contributed by atoms with van der Waals surface area (Å²) in [7, 11) is 0. The molecular weight excluding hydrogens is 338 g/mol. The quantitative estimate of drug-likeness (QED) is 0.731. The predicted molar refractivity (Wildman–Crippen MR) is 97.7 cm³/mol. The maximum Gasteiger partial charge on any atom is 0.275 e. The zero-order valence-electron chi connectivity index (χ0n) is 13.5. The van der Waals surface area contributed by atoms with E-state index in [4.69, 9.17) is 11.6 Å². The zero-order valence-corrected chi connectivity index (χ0v) is 14.3. The van der Waals surface area contributed by atoms with Crippen LogP contribution in [0.5, 0.6) is 0 Å². The second-order valence-electron chi connectivity index (χ2n) is 5.37. The van der Waals surface area contributed by atoms with E-state index >= 15 is 0 Å². The number of hydrogen-bond donors (Lipinski definition) is 2. The number of nitrogens with one attached hydrogen (secondary N) is 2. The van der Waals surface area contributed by atoms with Crippen LogP contribution in [0.3, 0.4) is 0 Å². The Morgan fingerprint density at radius 2 is 2.00 bits per heavy atom. The maximum absolute atomic E-state index is 12.3. The fraction of sp³-hybridized carbons (Fsp3) is 0.111. The van der Waals surface area contributed by atoms with Gasteiger partial charge in [0.05, 0.1) is 24.6 Å². The molecule has 3 aromatic rings. The Kier molecular flexibility index (Phi) is 5.20. The maximum atomic E-state index is 12.3. The van der Waals surface area contributed by atoms with Crippen molar-refractivity contribution in [3.63, 3.8) is 0 Å². The average molecular weight is 354 g/mol. The van der Waals surface area contributed by atoms with Crippen molar-refractivity contribution in [2.24, 2.45) is 0 Å². The second-order valence-corrected chi connectivity index (χ2v) is 5.81. The summed E-state index contributed by atoms with van der Waals surface area (Å²) >= 11 is 5.92. The number of anilines is 2. The summed E-state index contributed by atoms with van der Waals surface area (Å²) in [4.78, 5) is 24.8. The predicted octanol–water partition coefficient (Wildman–Crippen LogP) is 3.70. The largest absolute Gasteiger partial charge is 0.363 e. The number of pyridine rings is 1. The average Bonchev–Trinajstić information content (AvgIpc) is 2.63. The van der Waals surface area contributed by atoms with E-state index in [1.165, 1.54) is 12.4 Å². The van der Waals surface area contributed by atoms with E-state index in [2.05, 4.69) is 25.6 Å². The molecule has 2 N–H and O–H groups in total. The lowest BCUT2D eigenvalue weighted by atomic mass is 10.2. The molecule has 126 valence electrons. The molecule has 1 aromatic carbocycles. The third-order valence-corrected chi connectivity index (χ3v) is 3.73. The Labute approximate surface area is 150 Å². The van der Waals surface area contributed by atoms with Crippen LogP contribution >= 0.6 is 11.6 Å². The second kappa shape index (κ2) is 7.72. The van der Waals surface area contributed by atoms with E-state index < -0.39 is 0 Å². The van der Waals surface area contributed by atoms with Crippen molar-refractivity contribution >= 4 is 29.0 Å². The highest BCUT2D eigenvalue weighted by atomic mass is 35.5. The molecule has 0 aliphatic rings. The Balaban J connectivity index is 1.62. The minimum atomic E-state index is -0.325. The van der Waals surface area contributed by atoms with Gasteiger partial charge in [0, 0.05) is 16.9 Å². The van der Waals surface area contributed by atoms with Crippen molar-refractivity contribution in [2.75, 3.05) is 10.6 Å². The summed E-state index contributed by atoms with van der Waals surface area (Å²) < 4.78 is 0. The fourth-order valence-electron chi connectivity index (χ4n) is 2.17. The number of hydrogen-bond acceptors (Lipinski definition) is 5. The monoisotopic (exact) mass is 353 g/mol. The molecule has 2 heterocycles. The van der Waals surface area contributed by atoms with Gasteiger partial charge in [0.15, 0.2) is 0 Å². The van der Waals surface area contributed by atoms with Gasteiger partial charge < -0.3 is 10.6 Å². The van der Waals surface area contributed by atoms with Crippen molar-refractivity contribution in [1.29, 1.82) is 0 Å². The fourth-order valence-corrected chi connectivity index (χ4v) is 2.40. The molecule has 0 fully saturated rings. The van der Waals surface area contributed by atoms with Gasteiger partial charge in [0.1, 0.15) is 11.5 Å². The summed E-state index contributed by atoms with van der Waals surface area (Å²) in [6.07, 6.45) is 4.68. The van der Waals surface area contributed by atoms with Crippen LogP contribution in [-0.2, 0) is 6.54 Å². The van der Waals surface area contributed by atoms with Crippen LogP contribution in [0.25, 0.3) is 0 Å². The van der Waals surface area contributed by atoms with Crippen molar-refractivity contribution in [3.05, 3.63) is 77.0 Å². The molecule has 0 atom stereocenters. The van der Waals surface area contributed by atoms with Gasteiger partial charge in [-0.3, -0.25) is 9.78 Å². The first-order valence-corrected chi connectivity index (χ1v) is 8.03. The van der Waals surface area contributed by atoms with Gasteiger partial charge in [-0.25, -0.2) is 9.97 Å². The number of halogens is 1. The van der Waals surface area contributed by atoms with Crippen LogP contribution < -0.4 is 10.6 Å². The number of nitrogens with zero attached hydrogens (tertiary/aromatic N) is 3. The minimum absolute atomic E-state index is 0.234. The van der Waals surface area contributed by atoms with Gasteiger partial charge in [0.25, 0.3) is 5.91 Å². The van der Waals surface area contributed by atoms with E-state index in [-0.39, 0.29) is 11.6 Å². The lowest BCUT2D eigenvalue weighted by molar-refractivity contribution is 0.102. The number of amides is 1. The first-order chi connectivity index (χ1) is 12.1. The number of rotatable bonds is 5. The van der Waals surface area contributed by atoms with Crippen molar-refractivity contribution in [1.82, 2.24) is 15.0 Å². The summed E-state index contributed by atoms with van der Waals surface area (Å²) in [6, 6.07) is 11.0. The molecule has 1 amide bonds. The number of carbonyl (C=O) groups is 1. The van der Waals surface area contributed by atoms with Gasteiger partial charge in [-0.05, 0) is 42.8 Å². The van der Waals surface area contributed by atoms with E-state index in [0.717, 1.165) is 11.3 Å². The SMILES string of the molecule is Cc1cc(Cl)ccc1NC(=O)c1cnc(NCc2ccccn2)cn1. The molecule has 3 rings (SSSR count). The third kappa shape index (κ3) is 4.51. The molecule has 0 unspecified atom stereocenters. The first kappa shape index (κ1) is 16.9. The molecule has 25 heavy (non-hydrogen) atoms. The van der Waals surface area contributed by atoms with E-state index in [1.54, 1.807) is 24.4 Å². The molecule has 7 heteroatoms. The molecule has 0 spiro atoms. The molecule has 0 aliphatic heterocycles. The van der Waals surface area contributed by atoms with E-state index in [1.807, 2.05) is 25.1 Å². The molecule has 0 saturated heterocycles. The Morgan fingerprint density at radius 3 is 2.68 bits per heavy atom. The van der Waals surface area contributed by atoms with Gasteiger partial charge in [-0.2, -0.15) is 0 Å². The highest BCUT2D eigenvalue weighted by Crippen LogP contribution is 2.20. The minimum Gasteiger partial charge on any atom is -0.363 e. The van der Waals surface area contributed by atoms with Crippen molar-refractivity contribution in [2.45, 2.75) is 13.5 Å². The molecule has 0 bridgehead atoms. The summed E-state index contributed by atoms with van der Waals surface area (Å²) in [5, 5.41) is 6.53. The Bertz CT molecular complexity index is 868. The highest BCUT2D eigenvalue weighted by Gasteiger charge is 2.10. The molecular formula is C18H16ClN5O. The molecule has 0 saturated carbocycles. The first-order valence-electron chi connectivity index (χ1n) is 7.65. The lowest BCUT2D eigenvalue weighted by Gasteiger charge is -2.09. The van der Waals surface area contributed by atoms with E-state index in [9.17, 15) is 4.79 Å². The van der Waals surface area contributed by atoms with Crippen LogP contribution in [-0.4, -0.2) is 20.9 Å². The molecule has 0 aliphatic carbocycles. The standard InChI is InChI=1S/C18H16ClN5O/c1-12-8-13(19)5-6-15(12)24-18(25)16-10-23-17(11-21-16)22-9-14-4-2-3-7-20-14/h2-8,10-11H,9H2,1H3,(H,22,23)(H,24,25). The normalized spacial score (nSPS) is 10.3. The van der Waals surface area contributed by atoms with Crippen molar-refractivity contribution < 1.29 is 4.79 Å². The summed E-state index contributed by atoms with van der Waals surface area (Å²) in [5.74, 6) is 0.249. The Morgan fingerprint density at radius 1 is 1.12 bits per heavy atom. The number of carbonyl (C=O) groups excluding carboxylic acids is 1. The van der Waals surface area contributed by atoms with Crippen LogP contribution in [0.1, 0.15) is 21.7 Å². The number of aromatic nitrogens is 3. The van der Waals surface area contributed by atoms with Crippen LogP contribution in [0, 0.1) is 6.92 Å².